The molecule has 2 heteroatoms. The van der Waals surface area contributed by atoms with Gasteiger partial charge in [-0.25, -0.2) is 4.39 Å². The van der Waals surface area contributed by atoms with Crippen molar-refractivity contribution >= 4 is 10.8 Å². The number of hydrogen-bond acceptors (Lipinski definition) is 0. The zero-order valence-corrected chi connectivity index (χ0v) is 19.2. The van der Waals surface area contributed by atoms with E-state index in [2.05, 4.69) is 81.8 Å². The molecule has 2 unspecified atom stereocenters. The van der Waals surface area contributed by atoms with E-state index in [0.29, 0.717) is 0 Å². The number of pyridine rings is 1. The molecule has 1 nitrogen and oxygen atoms in total. The Morgan fingerprint density at radius 2 is 1.70 bits per heavy atom. The van der Waals surface area contributed by atoms with Gasteiger partial charge in [0, 0.05) is 19.4 Å². The number of nitrogens with zero attached hydrogens (tertiary/aromatic N) is 1. The molecule has 0 aliphatic carbocycles. The van der Waals surface area contributed by atoms with Gasteiger partial charge in [-0.3, -0.25) is 0 Å². The number of hydrogen-bond donors (Lipinski definition) is 0. The Labute approximate surface area is 181 Å². The topological polar surface area (TPSA) is 3.88 Å². The third kappa shape index (κ3) is 2.91. The molecule has 0 spiro atoms. The van der Waals surface area contributed by atoms with Crippen molar-refractivity contribution in [2.45, 2.75) is 84.1 Å². The zero-order chi connectivity index (χ0) is 21.5. The first-order chi connectivity index (χ1) is 14.4. The fourth-order valence-electron chi connectivity index (χ4n) is 5.62. The fourth-order valence-corrected chi connectivity index (χ4v) is 5.62. The molecule has 30 heavy (non-hydrogen) atoms. The van der Waals surface area contributed by atoms with Gasteiger partial charge in [-0.2, -0.15) is 4.57 Å². The van der Waals surface area contributed by atoms with Crippen molar-refractivity contribution in [3.63, 3.8) is 0 Å². The van der Waals surface area contributed by atoms with E-state index in [1.54, 1.807) is 0 Å². The summed E-state index contributed by atoms with van der Waals surface area (Å²) in [6.07, 6.45) is 8.37. The van der Waals surface area contributed by atoms with E-state index < -0.39 is 0 Å². The Morgan fingerprint density at radius 3 is 2.40 bits per heavy atom. The molecule has 1 aliphatic heterocycles. The molecule has 2 atom stereocenters. The summed E-state index contributed by atoms with van der Waals surface area (Å²) >= 11 is 0. The molecule has 0 saturated carbocycles. The second-order valence-corrected chi connectivity index (χ2v) is 9.38. The van der Waals surface area contributed by atoms with Gasteiger partial charge >= 0.3 is 0 Å². The number of benzene rings is 2. The summed E-state index contributed by atoms with van der Waals surface area (Å²) in [5.41, 5.74) is 4.23. The van der Waals surface area contributed by atoms with E-state index in [0.717, 1.165) is 44.1 Å². The first-order valence-corrected chi connectivity index (χ1v) is 11.7. The van der Waals surface area contributed by atoms with Crippen molar-refractivity contribution in [2.75, 3.05) is 0 Å². The summed E-state index contributed by atoms with van der Waals surface area (Å²) in [6.45, 7) is 11.4. The van der Waals surface area contributed by atoms with Gasteiger partial charge in [0.25, 0.3) is 0 Å². The predicted octanol–water partition coefficient (Wildman–Crippen LogP) is 7.47. The summed E-state index contributed by atoms with van der Waals surface area (Å²) < 4.78 is 17.8. The fraction of sp³-hybridized carbons (Fsp3) is 0.464. The average Bonchev–Trinajstić information content (AvgIpc) is 2.77. The molecule has 4 rings (SSSR count). The average molecular weight is 405 g/mol. The Kier molecular flexibility index (Phi) is 5.46. The lowest BCUT2D eigenvalue weighted by Crippen LogP contribution is -2.67. The molecule has 1 aromatic heterocycles. The monoisotopic (exact) mass is 404 g/mol. The zero-order valence-electron chi connectivity index (χ0n) is 19.2. The van der Waals surface area contributed by atoms with Crippen LogP contribution in [-0.2, 0) is 17.4 Å². The molecular weight excluding hydrogens is 369 g/mol. The molecule has 0 fully saturated rings. The Hall–Kier alpha value is -2.22. The number of unbranched alkanes of at least 4 members (excludes halogenated alkanes) is 2. The normalized spacial score (nSPS) is 22.7. The highest BCUT2D eigenvalue weighted by atomic mass is 19.1. The van der Waals surface area contributed by atoms with Crippen molar-refractivity contribution in [1.29, 1.82) is 0 Å². The molecule has 1 aliphatic rings. The van der Waals surface area contributed by atoms with Crippen LogP contribution in [0.3, 0.4) is 0 Å². The van der Waals surface area contributed by atoms with Crippen molar-refractivity contribution in [2.24, 2.45) is 0 Å². The van der Waals surface area contributed by atoms with E-state index in [-0.39, 0.29) is 16.8 Å². The van der Waals surface area contributed by atoms with Gasteiger partial charge in [0.2, 0.25) is 5.69 Å². The van der Waals surface area contributed by atoms with E-state index >= 15 is 4.39 Å². The van der Waals surface area contributed by atoms with Gasteiger partial charge in [0.1, 0.15) is 5.82 Å². The lowest BCUT2D eigenvalue weighted by molar-refractivity contribution is -0.764. The van der Waals surface area contributed by atoms with Crippen molar-refractivity contribution in [1.82, 2.24) is 0 Å². The van der Waals surface area contributed by atoms with Crippen LogP contribution < -0.4 is 4.57 Å². The number of aryl methyl sites for hydroxylation is 1. The highest BCUT2D eigenvalue weighted by Crippen LogP contribution is 2.51. The quantitative estimate of drug-likeness (QED) is 0.296. The van der Waals surface area contributed by atoms with Crippen LogP contribution >= 0.6 is 0 Å². The molecule has 0 amide bonds. The predicted molar refractivity (Wildman–Crippen MR) is 124 cm³/mol. The second kappa shape index (κ2) is 7.80. The second-order valence-electron chi connectivity index (χ2n) is 9.38. The van der Waals surface area contributed by atoms with Gasteiger partial charge < -0.3 is 0 Å². The van der Waals surface area contributed by atoms with E-state index in [1.807, 2.05) is 6.07 Å². The molecule has 0 bridgehead atoms. The largest absolute Gasteiger partial charge is 0.221 e. The minimum absolute atomic E-state index is 0.0309. The highest BCUT2D eigenvalue weighted by Gasteiger charge is 2.56. The molecule has 0 N–H and O–H groups in total. The van der Waals surface area contributed by atoms with Crippen LogP contribution in [0, 0.1) is 5.82 Å². The summed E-state index contributed by atoms with van der Waals surface area (Å²) in [5, 5.41) is 2.50. The minimum atomic E-state index is -0.139. The maximum atomic E-state index is 15.3. The standard InChI is InChI=1S/C28H35FN/c1-6-9-10-14-21-18-23-24(19-25(21)29)27(4,7-2)28(5,8-3)30-17-16-20-13-11-12-15-22(20)26(23)30/h11-13,15-19H,6-10,14H2,1-5H3/q+1. The van der Waals surface area contributed by atoms with Gasteiger partial charge in [0.15, 0.2) is 11.7 Å². The summed E-state index contributed by atoms with van der Waals surface area (Å²) in [4.78, 5) is 0. The third-order valence-corrected chi connectivity index (χ3v) is 8.06. The van der Waals surface area contributed by atoms with Crippen LogP contribution in [0.5, 0.6) is 0 Å². The van der Waals surface area contributed by atoms with Crippen molar-refractivity contribution in [3.8, 4) is 11.3 Å². The van der Waals surface area contributed by atoms with E-state index in [9.17, 15) is 0 Å². The van der Waals surface area contributed by atoms with E-state index in [1.165, 1.54) is 27.6 Å². The molecular formula is C28H35FN+. The first kappa shape index (κ1) is 21.0. The number of halogens is 1. The van der Waals surface area contributed by atoms with Gasteiger partial charge in [-0.1, -0.05) is 51.8 Å². The SMILES string of the molecule is CCCCCc1cc2c(cc1F)C(C)(CC)C(C)(CC)[n+]1ccc3ccccc3c1-2. The number of fused-ring (bicyclic) bond motifs is 5. The van der Waals surface area contributed by atoms with Crippen LogP contribution in [-0.4, -0.2) is 0 Å². The van der Waals surface area contributed by atoms with Crippen LogP contribution in [0.15, 0.2) is 48.7 Å². The van der Waals surface area contributed by atoms with Gasteiger partial charge in [-0.05, 0) is 60.9 Å². The lowest BCUT2D eigenvalue weighted by Gasteiger charge is -2.46. The summed E-state index contributed by atoms with van der Waals surface area (Å²) in [6, 6.07) is 14.9. The van der Waals surface area contributed by atoms with Crippen LogP contribution in [0.4, 0.5) is 4.39 Å². The Bertz CT molecular complexity index is 1090. The summed E-state index contributed by atoms with van der Waals surface area (Å²) in [7, 11) is 0. The molecule has 158 valence electrons. The molecule has 2 heterocycles. The van der Waals surface area contributed by atoms with Gasteiger partial charge in [-0.15, -0.1) is 0 Å². The highest BCUT2D eigenvalue weighted by molar-refractivity contribution is 5.94. The number of rotatable bonds is 6. The minimum Gasteiger partial charge on any atom is -0.207 e. The smallest absolute Gasteiger partial charge is 0.207 e. The maximum Gasteiger partial charge on any atom is 0.221 e. The lowest BCUT2D eigenvalue weighted by atomic mass is 9.60. The molecule has 2 aromatic carbocycles. The van der Waals surface area contributed by atoms with Crippen molar-refractivity contribution in [3.05, 3.63) is 65.6 Å². The Morgan fingerprint density at radius 1 is 0.933 bits per heavy atom. The van der Waals surface area contributed by atoms with Crippen LogP contribution in [0.2, 0.25) is 0 Å². The van der Waals surface area contributed by atoms with Crippen LogP contribution in [0.1, 0.15) is 77.8 Å². The van der Waals surface area contributed by atoms with Gasteiger partial charge in [0.05, 0.1) is 16.4 Å². The summed E-state index contributed by atoms with van der Waals surface area (Å²) in [5.74, 6) is -0.0309. The van der Waals surface area contributed by atoms with E-state index in [4.69, 9.17) is 0 Å². The Balaban J connectivity index is 2.07. The molecule has 0 radical (unpaired) electrons. The van der Waals surface area contributed by atoms with Crippen LogP contribution in [0.25, 0.3) is 22.0 Å². The van der Waals surface area contributed by atoms with Crippen molar-refractivity contribution < 1.29 is 8.96 Å². The first-order valence-electron chi connectivity index (χ1n) is 11.7. The maximum absolute atomic E-state index is 15.3. The molecule has 0 saturated heterocycles. The number of aromatic nitrogens is 1. The third-order valence-electron chi connectivity index (χ3n) is 8.06. The molecule has 3 aromatic rings.